The Labute approximate surface area is 103 Å². The van der Waals surface area contributed by atoms with Gasteiger partial charge in [0.1, 0.15) is 0 Å². The number of nitrogens with zero attached hydrogens (tertiary/aromatic N) is 1. The molecule has 17 heavy (non-hydrogen) atoms. The van der Waals surface area contributed by atoms with Gasteiger partial charge in [-0.1, -0.05) is 6.92 Å². The van der Waals surface area contributed by atoms with Crippen molar-refractivity contribution in [2.45, 2.75) is 63.6 Å². The topological polar surface area (TPSA) is 49.8 Å². The van der Waals surface area contributed by atoms with Crippen molar-refractivity contribution in [1.29, 1.82) is 0 Å². The Morgan fingerprint density at radius 1 is 1.47 bits per heavy atom. The number of hydrogen-bond donors (Lipinski definition) is 1. The minimum atomic E-state index is -0.666. The summed E-state index contributed by atoms with van der Waals surface area (Å²) >= 11 is 0. The molecule has 3 atom stereocenters. The fraction of sp³-hybridized carbons (Fsp3) is 0.923. The third kappa shape index (κ3) is 3.19. The standard InChI is InChI=1S/C13H23NO3/c1-2-12-8-11(5-7-17-12)14-6-3-4-10(14)9-13(15)16/h10-12H,2-9H2,1H3,(H,15,16). The number of rotatable bonds is 4. The van der Waals surface area contributed by atoms with Crippen molar-refractivity contribution in [2.75, 3.05) is 13.2 Å². The lowest BCUT2D eigenvalue weighted by molar-refractivity contribution is -0.138. The molecule has 0 aromatic carbocycles. The number of hydrogen-bond acceptors (Lipinski definition) is 3. The predicted octanol–water partition coefficient (Wildman–Crippen LogP) is 1.88. The Kier molecular flexibility index (Phi) is 4.40. The van der Waals surface area contributed by atoms with Gasteiger partial charge in [-0.3, -0.25) is 9.69 Å². The van der Waals surface area contributed by atoms with Crippen molar-refractivity contribution in [3.8, 4) is 0 Å². The molecule has 0 saturated carbocycles. The van der Waals surface area contributed by atoms with E-state index < -0.39 is 5.97 Å². The van der Waals surface area contributed by atoms with Gasteiger partial charge < -0.3 is 9.84 Å². The number of aliphatic carboxylic acids is 1. The third-order valence-electron chi connectivity index (χ3n) is 4.10. The monoisotopic (exact) mass is 241 g/mol. The zero-order valence-electron chi connectivity index (χ0n) is 10.6. The van der Waals surface area contributed by atoms with Crippen LogP contribution in [0.2, 0.25) is 0 Å². The summed E-state index contributed by atoms with van der Waals surface area (Å²) in [6, 6.07) is 0.800. The fourth-order valence-corrected chi connectivity index (χ4v) is 3.21. The molecule has 2 heterocycles. The highest BCUT2D eigenvalue weighted by atomic mass is 16.5. The van der Waals surface area contributed by atoms with Crippen LogP contribution in [0.4, 0.5) is 0 Å². The van der Waals surface area contributed by atoms with Gasteiger partial charge in [-0.05, 0) is 38.6 Å². The molecular formula is C13H23NO3. The fourth-order valence-electron chi connectivity index (χ4n) is 3.21. The Balaban J connectivity index is 1.93. The molecule has 2 aliphatic heterocycles. The molecule has 2 fully saturated rings. The number of carboxylic acids is 1. The average Bonchev–Trinajstić information content (AvgIpc) is 2.76. The molecule has 2 rings (SSSR count). The van der Waals surface area contributed by atoms with Gasteiger partial charge in [-0.2, -0.15) is 0 Å². The van der Waals surface area contributed by atoms with Gasteiger partial charge in [-0.15, -0.1) is 0 Å². The van der Waals surface area contributed by atoms with Crippen molar-refractivity contribution in [3.05, 3.63) is 0 Å². The first-order chi connectivity index (χ1) is 8.20. The van der Waals surface area contributed by atoms with Gasteiger partial charge in [-0.25, -0.2) is 0 Å². The van der Waals surface area contributed by atoms with E-state index in [1.165, 1.54) is 0 Å². The third-order valence-corrected chi connectivity index (χ3v) is 4.10. The van der Waals surface area contributed by atoms with E-state index in [0.29, 0.717) is 18.6 Å². The predicted molar refractivity (Wildman–Crippen MR) is 65.0 cm³/mol. The summed E-state index contributed by atoms with van der Waals surface area (Å²) in [5, 5.41) is 8.94. The van der Waals surface area contributed by atoms with Crippen molar-refractivity contribution in [3.63, 3.8) is 0 Å². The SMILES string of the molecule is CCC1CC(N2CCCC2CC(=O)O)CCO1. The molecule has 3 unspecified atom stereocenters. The van der Waals surface area contributed by atoms with Gasteiger partial charge >= 0.3 is 5.97 Å². The highest BCUT2D eigenvalue weighted by molar-refractivity contribution is 5.67. The first-order valence-electron chi connectivity index (χ1n) is 6.79. The van der Waals surface area contributed by atoms with E-state index in [0.717, 1.165) is 45.3 Å². The van der Waals surface area contributed by atoms with Crippen LogP contribution >= 0.6 is 0 Å². The van der Waals surface area contributed by atoms with E-state index in [1.54, 1.807) is 0 Å². The number of carbonyl (C=O) groups is 1. The van der Waals surface area contributed by atoms with Crippen molar-refractivity contribution < 1.29 is 14.6 Å². The van der Waals surface area contributed by atoms with E-state index in [2.05, 4.69) is 11.8 Å². The van der Waals surface area contributed by atoms with Crippen molar-refractivity contribution >= 4 is 5.97 Å². The molecule has 0 aromatic rings. The van der Waals surface area contributed by atoms with Crippen molar-refractivity contribution in [2.24, 2.45) is 0 Å². The molecule has 2 aliphatic rings. The molecule has 0 bridgehead atoms. The second-order valence-corrected chi connectivity index (χ2v) is 5.21. The minimum Gasteiger partial charge on any atom is -0.481 e. The number of ether oxygens (including phenoxy) is 1. The normalized spacial score (nSPS) is 35.0. The zero-order chi connectivity index (χ0) is 12.3. The van der Waals surface area contributed by atoms with Crippen LogP contribution in [-0.4, -0.2) is 47.3 Å². The van der Waals surface area contributed by atoms with Crippen LogP contribution in [0.15, 0.2) is 0 Å². The van der Waals surface area contributed by atoms with Crippen LogP contribution in [0.3, 0.4) is 0 Å². The number of likely N-dealkylation sites (tertiary alicyclic amines) is 1. The van der Waals surface area contributed by atoms with Crippen LogP contribution in [0.25, 0.3) is 0 Å². The molecule has 0 aliphatic carbocycles. The molecule has 2 saturated heterocycles. The summed E-state index contributed by atoms with van der Waals surface area (Å²) in [7, 11) is 0. The van der Waals surface area contributed by atoms with Gasteiger partial charge in [0, 0.05) is 18.7 Å². The number of carboxylic acid groups (broad SMARTS) is 1. The lowest BCUT2D eigenvalue weighted by atomic mass is 9.98. The minimum absolute atomic E-state index is 0.258. The maximum atomic E-state index is 10.9. The molecule has 1 N–H and O–H groups in total. The van der Waals surface area contributed by atoms with Crippen LogP contribution in [0.5, 0.6) is 0 Å². The Morgan fingerprint density at radius 3 is 3.00 bits per heavy atom. The molecule has 0 amide bonds. The van der Waals surface area contributed by atoms with E-state index in [1.807, 2.05) is 0 Å². The van der Waals surface area contributed by atoms with E-state index in [4.69, 9.17) is 9.84 Å². The summed E-state index contributed by atoms with van der Waals surface area (Å²) in [5.74, 6) is -0.666. The van der Waals surface area contributed by atoms with E-state index in [9.17, 15) is 4.79 Å². The Hall–Kier alpha value is -0.610. The van der Waals surface area contributed by atoms with Gasteiger partial charge in [0.2, 0.25) is 0 Å². The molecule has 0 aromatic heterocycles. The van der Waals surface area contributed by atoms with Crippen LogP contribution in [0, 0.1) is 0 Å². The maximum absolute atomic E-state index is 10.9. The summed E-state index contributed by atoms with van der Waals surface area (Å²) in [6.45, 7) is 4.06. The van der Waals surface area contributed by atoms with E-state index >= 15 is 0 Å². The second-order valence-electron chi connectivity index (χ2n) is 5.21. The van der Waals surface area contributed by atoms with Crippen LogP contribution < -0.4 is 0 Å². The quantitative estimate of drug-likeness (QED) is 0.816. The summed E-state index contributed by atoms with van der Waals surface area (Å²) in [4.78, 5) is 13.3. The van der Waals surface area contributed by atoms with Crippen LogP contribution in [-0.2, 0) is 9.53 Å². The average molecular weight is 241 g/mol. The summed E-state index contributed by atoms with van der Waals surface area (Å²) in [6.07, 6.45) is 6.06. The first-order valence-corrected chi connectivity index (χ1v) is 6.79. The van der Waals surface area contributed by atoms with Gasteiger partial charge in [0.05, 0.1) is 12.5 Å². The molecule has 98 valence electrons. The van der Waals surface area contributed by atoms with Crippen LogP contribution in [0.1, 0.15) is 45.4 Å². The zero-order valence-corrected chi connectivity index (χ0v) is 10.6. The lowest BCUT2D eigenvalue weighted by Gasteiger charge is -2.38. The molecule has 4 nitrogen and oxygen atoms in total. The van der Waals surface area contributed by atoms with Crippen molar-refractivity contribution in [1.82, 2.24) is 4.90 Å². The molecule has 4 heteroatoms. The second kappa shape index (κ2) is 5.83. The highest BCUT2D eigenvalue weighted by Crippen LogP contribution is 2.29. The molecule has 0 spiro atoms. The van der Waals surface area contributed by atoms with Gasteiger partial charge in [0.15, 0.2) is 0 Å². The molecule has 0 radical (unpaired) electrons. The molecular weight excluding hydrogens is 218 g/mol. The van der Waals surface area contributed by atoms with E-state index in [-0.39, 0.29) is 6.04 Å². The lowest BCUT2D eigenvalue weighted by Crippen LogP contribution is -2.45. The Bertz CT molecular complexity index is 269. The summed E-state index contributed by atoms with van der Waals surface area (Å²) < 4.78 is 5.69. The summed E-state index contributed by atoms with van der Waals surface area (Å²) in [5.41, 5.74) is 0. The van der Waals surface area contributed by atoms with Gasteiger partial charge in [0.25, 0.3) is 0 Å². The largest absolute Gasteiger partial charge is 0.481 e. The first kappa shape index (κ1) is 12.8. The Morgan fingerprint density at radius 2 is 2.29 bits per heavy atom. The highest BCUT2D eigenvalue weighted by Gasteiger charge is 2.34. The maximum Gasteiger partial charge on any atom is 0.304 e. The smallest absolute Gasteiger partial charge is 0.304 e.